The smallest absolute Gasteiger partial charge is 0.264 e. The molecule has 2 aliphatic heterocycles. The molecule has 0 bridgehead atoms. The highest BCUT2D eigenvalue weighted by atomic mass is 28.4. The molecule has 0 aliphatic carbocycles. The number of nitrogens with zero attached hydrogens (tertiary/aromatic N) is 1. The summed E-state index contributed by atoms with van der Waals surface area (Å²) in [6, 6.07) is 14.3. The van der Waals surface area contributed by atoms with Crippen LogP contribution in [0, 0.1) is 5.92 Å². The summed E-state index contributed by atoms with van der Waals surface area (Å²) in [5.41, 5.74) is 1.04. The number of aliphatic hydroxyl groups excluding tert-OH is 1. The Bertz CT molecular complexity index is 1040. The number of likely N-dealkylation sites (N-methyl/N-ethyl adjacent to an activating group) is 1. The number of carbonyl (C=O) groups excluding carboxylic acids is 2. The van der Waals surface area contributed by atoms with Crippen LogP contribution in [0.1, 0.15) is 29.3 Å². The van der Waals surface area contributed by atoms with Crippen LogP contribution in [0.5, 0.6) is 0 Å². The van der Waals surface area contributed by atoms with Crippen molar-refractivity contribution in [1.82, 2.24) is 0 Å². The van der Waals surface area contributed by atoms with Crippen LogP contribution in [0.25, 0.3) is 0 Å². The van der Waals surface area contributed by atoms with E-state index >= 15 is 0 Å². The van der Waals surface area contributed by atoms with Crippen LogP contribution in [0.15, 0.2) is 48.5 Å². The number of nitrogens with one attached hydrogen (secondary N) is 1. The van der Waals surface area contributed by atoms with E-state index in [0.29, 0.717) is 23.2 Å². The van der Waals surface area contributed by atoms with Crippen molar-refractivity contribution in [2.45, 2.75) is 43.7 Å². The zero-order valence-corrected chi connectivity index (χ0v) is 19.8. The molecule has 3 N–H and O–H groups in total. The van der Waals surface area contributed by atoms with E-state index < -0.39 is 20.0 Å². The number of hydrogen-bond acceptors (Lipinski definition) is 5. The van der Waals surface area contributed by atoms with Crippen molar-refractivity contribution in [2.75, 3.05) is 23.9 Å². The molecule has 1 spiro atoms. The van der Waals surface area contributed by atoms with Gasteiger partial charge in [0, 0.05) is 41.9 Å². The molecule has 0 aromatic heterocycles. The maximum Gasteiger partial charge on any atom is 0.264 e. The van der Waals surface area contributed by atoms with Gasteiger partial charge in [-0.05, 0) is 49.8 Å². The van der Waals surface area contributed by atoms with E-state index in [0.717, 1.165) is 5.69 Å². The van der Waals surface area contributed by atoms with Gasteiger partial charge in [-0.1, -0.05) is 25.1 Å². The second kappa shape index (κ2) is 8.11. The molecule has 0 radical (unpaired) electrons. The fraction of sp³-hybridized carbons (Fsp3) is 0.417. The zero-order chi connectivity index (χ0) is 23.3. The van der Waals surface area contributed by atoms with Crippen molar-refractivity contribution in [3.05, 3.63) is 59.7 Å². The Kier molecular flexibility index (Phi) is 5.75. The molecule has 2 aromatic carbocycles. The lowest BCUT2D eigenvalue weighted by atomic mass is 9.82. The van der Waals surface area contributed by atoms with E-state index in [1.807, 2.05) is 32.2 Å². The van der Waals surface area contributed by atoms with Gasteiger partial charge in [0.25, 0.3) is 11.8 Å². The molecule has 1 saturated heterocycles. The first kappa shape index (κ1) is 22.7. The van der Waals surface area contributed by atoms with Crippen molar-refractivity contribution in [2.24, 2.45) is 5.92 Å². The molecule has 32 heavy (non-hydrogen) atoms. The second-order valence-corrected chi connectivity index (χ2v) is 13.3. The largest absolute Gasteiger partial charge is 0.432 e. The third-order valence-corrected chi connectivity index (χ3v) is 9.32. The van der Waals surface area contributed by atoms with Crippen LogP contribution in [0.3, 0.4) is 0 Å². The van der Waals surface area contributed by atoms with Crippen LogP contribution in [0.2, 0.25) is 18.6 Å². The van der Waals surface area contributed by atoms with Crippen LogP contribution in [-0.4, -0.2) is 49.8 Å². The fourth-order valence-corrected chi connectivity index (χ4v) is 8.05. The van der Waals surface area contributed by atoms with Gasteiger partial charge in [-0.25, -0.2) is 0 Å². The Hall–Kier alpha value is -2.52. The molecular formula is C24H30N2O5Si. The first-order chi connectivity index (χ1) is 15.1. The van der Waals surface area contributed by atoms with Crippen molar-refractivity contribution < 1.29 is 24.2 Å². The number of benzene rings is 2. The number of aliphatic hydroxyl groups is 1. The van der Waals surface area contributed by atoms with Crippen molar-refractivity contribution in [3.63, 3.8) is 0 Å². The summed E-state index contributed by atoms with van der Waals surface area (Å²) in [5, 5.41) is 12.5. The van der Waals surface area contributed by atoms with Crippen LogP contribution < -0.4 is 10.2 Å². The minimum atomic E-state index is -2.71. The lowest BCUT2D eigenvalue weighted by Gasteiger charge is -2.32. The van der Waals surface area contributed by atoms with Crippen LogP contribution in [0.4, 0.5) is 11.4 Å². The highest BCUT2D eigenvalue weighted by Crippen LogP contribution is 2.59. The summed E-state index contributed by atoms with van der Waals surface area (Å²) < 4.78 is 6.47. The van der Waals surface area contributed by atoms with Gasteiger partial charge >= 0.3 is 0 Å². The van der Waals surface area contributed by atoms with Gasteiger partial charge in [0.2, 0.25) is 0 Å². The van der Waals surface area contributed by atoms with Crippen LogP contribution >= 0.6 is 0 Å². The molecule has 0 saturated carbocycles. The number of ether oxygens (including phenoxy) is 1. The molecule has 8 heteroatoms. The van der Waals surface area contributed by atoms with Crippen molar-refractivity contribution in [1.29, 1.82) is 0 Å². The third kappa shape index (κ3) is 3.47. The Morgan fingerprint density at radius 3 is 2.53 bits per heavy atom. The molecule has 170 valence electrons. The summed E-state index contributed by atoms with van der Waals surface area (Å²) in [6.45, 7) is 5.56. The highest BCUT2D eigenvalue weighted by molar-refractivity contribution is 6.71. The third-order valence-electron chi connectivity index (χ3n) is 6.82. The maximum absolute atomic E-state index is 13.6. The summed E-state index contributed by atoms with van der Waals surface area (Å²) in [7, 11) is -1.00. The van der Waals surface area contributed by atoms with Gasteiger partial charge in [0.1, 0.15) is 0 Å². The number of fused-ring (bicyclic) bond motifs is 2. The Morgan fingerprint density at radius 1 is 1.22 bits per heavy atom. The van der Waals surface area contributed by atoms with E-state index in [4.69, 9.17) is 4.74 Å². The normalized spacial score (nSPS) is 27.1. The predicted molar refractivity (Wildman–Crippen MR) is 125 cm³/mol. The van der Waals surface area contributed by atoms with E-state index in [1.54, 1.807) is 48.3 Å². The summed E-state index contributed by atoms with van der Waals surface area (Å²) in [6.07, 6.45) is -0.0719. The highest BCUT2D eigenvalue weighted by Gasteiger charge is 2.65. The van der Waals surface area contributed by atoms with Crippen LogP contribution in [-0.2, 0) is 15.1 Å². The van der Waals surface area contributed by atoms with Gasteiger partial charge in [0.15, 0.2) is 13.9 Å². The molecule has 0 unspecified atom stereocenters. The van der Waals surface area contributed by atoms with E-state index in [2.05, 4.69) is 5.32 Å². The lowest BCUT2D eigenvalue weighted by molar-refractivity contribution is -0.145. The monoisotopic (exact) mass is 454 g/mol. The topological polar surface area (TPSA) is 99.1 Å². The molecular weight excluding hydrogens is 424 g/mol. The fourth-order valence-electron chi connectivity index (χ4n) is 5.45. The first-order valence-corrected chi connectivity index (χ1v) is 13.9. The predicted octanol–water partition coefficient (Wildman–Crippen LogP) is 3.10. The number of carbonyl (C=O) groups is 2. The summed E-state index contributed by atoms with van der Waals surface area (Å²) in [5.74, 6) is -0.713. The molecule has 4 atom stereocenters. The quantitative estimate of drug-likeness (QED) is 0.603. The Labute approximate surface area is 189 Å². The van der Waals surface area contributed by atoms with Gasteiger partial charge in [-0.2, -0.15) is 0 Å². The summed E-state index contributed by atoms with van der Waals surface area (Å²) >= 11 is 0. The number of rotatable bonds is 5. The average Bonchev–Trinajstić information content (AvgIpc) is 3.16. The molecule has 2 heterocycles. The maximum atomic E-state index is 13.6. The SMILES string of the molecule is C[C@H]1[C@H]([Si](C)(C)O)[C@@H](CCO)O[C@]12C(=O)N(C)c1ccc(NC(=O)c3ccccc3)cc12. The lowest BCUT2D eigenvalue weighted by Crippen LogP contribution is -2.45. The standard InChI is InChI=1S/C24H30N2O5Si/c1-15-21(32(3,4)30)20(12-13-27)31-24(15)18-14-17(10-11-19(18)26(2)23(24)29)25-22(28)16-8-6-5-7-9-16/h5-11,14-15,20-21,27,30H,12-13H2,1-4H3,(H,25,28)/t15-,20+,21-,24+/m0/s1. The van der Waals surface area contributed by atoms with Gasteiger partial charge in [-0.15, -0.1) is 0 Å². The molecule has 7 nitrogen and oxygen atoms in total. The molecule has 1 fully saturated rings. The summed E-state index contributed by atoms with van der Waals surface area (Å²) in [4.78, 5) is 38.8. The Morgan fingerprint density at radius 2 is 1.91 bits per heavy atom. The van der Waals surface area contributed by atoms with Gasteiger partial charge in [-0.3, -0.25) is 9.59 Å². The molecule has 2 amide bonds. The van der Waals surface area contributed by atoms with E-state index in [-0.39, 0.29) is 29.9 Å². The average molecular weight is 455 g/mol. The number of anilines is 2. The zero-order valence-electron chi connectivity index (χ0n) is 18.8. The van der Waals surface area contributed by atoms with E-state index in [9.17, 15) is 19.5 Å². The van der Waals surface area contributed by atoms with E-state index in [1.165, 1.54) is 0 Å². The van der Waals surface area contributed by atoms with Gasteiger partial charge < -0.3 is 24.9 Å². The van der Waals surface area contributed by atoms with Crippen molar-refractivity contribution >= 4 is 31.5 Å². The minimum Gasteiger partial charge on any atom is -0.432 e. The number of hydrogen-bond donors (Lipinski definition) is 3. The Balaban J connectivity index is 1.76. The number of amides is 2. The van der Waals surface area contributed by atoms with Crippen molar-refractivity contribution in [3.8, 4) is 0 Å². The molecule has 2 aliphatic rings. The molecule has 2 aromatic rings. The minimum absolute atomic E-state index is 0.0848. The molecule has 4 rings (SSSR count). The second-order valence-electron chi connectivity index (χ2n) is 9.29. The first-order valence-electron chi connectivity index (χ1n) is 10.9. The van der Waals surface area contributed by atoms with Gasteiger partial charge in [0.05, 0.1) is 11.8 Å².